The second-order valence-corrected chi connectivity index (χ2v) is 14.8. The third-order valence-corrected chi connectivity index (χ3v) is 10.9. The van der Waals surface area contributed by atoms with Crippen LogP contribution in [0.25, 0.3) is 27.6 Å². The lowest BCUT2D eigenvalue weighted by Gasteiger charge is -2.46. The number of benzene rings is 3. The third-order valence-electron chi connectivity index (χ3n) is 10.9. The maximum absolute atomic E-state index is 6.63. The maximum Gasteiger partial charge on any atom is 0.154 e. The topological polar surface area (TPSA) is 46.4 Å². The summed E-state index contributed by atoms with van der Waals surface area (Å²) in [5, 5.41) is 2.39. The second kappa shape index (κ2) is 10.9. The van der Waals surface area contributed by atoms with E-state index in [1.165, 1.54) is 54.1 Å². The molecule has 4 heterocycles. The van der Waals surface area contributed by atoms with Crippen LogP contribution in [0.2, 0.25) is 0 Å². The fourth-order valence-corrected chi connectivity index (χ4v) is 8.44. The second-order valence-electron chi connectivity index (χ2n) is 14.8. The van der Waals surface area contributed by atoms with Crippen LogP contribution < -0.4 is 14.5 Å². The fourth-order valence-electron chi connectivity index (χ4n) is 8.44. The molecule has 0 N–H and O–H groups in total. The molecule has 3 fully saturated rings. The molecule has 1 atom stereocenters. The number of hydrogen-bond acceptors (Lipinski definition) is 5. The van der Waals surface area contributed by atoms with Crippen molar-refractivity contribution < 1.29 is 4.74 Å². The molecule has 2 bridgehead atoms. The van der Waals surface area contributed by atoms with Crippen molar-refractivity contribution >= 4 is 39.0 Å². The van der Waals surface area contributed by atoms with Crippen LogP contribution in [0.1, 0.15) is 58.4 Å². The van der Waals surface area contributed by atoms with Crippen molar-refractivity contribution in [2.24, 2.45) is 11.8 Å². The van der Waals surface area contributed by atoms with Crippen LogP contribution in [0.4, 0.5) is 17.2 Å². The molecule has 0 amide bonds. The van der Waals surface area contributed by atoms with Gasteiger partial charge in [0.25, 0.3) is 0 Å². The quantitative estimate of drug-likeness (QED) is 0.192. The summed E-state index contributed by atoms with van der Waals surface area (Å²) in [7, 11) is 0. The van der Waals surface area contributed by atoms with E-state index in [9.17, 15) is 0 Å². The average Bonchev–Trinajstić information content (AvgIpc) is 3.65. The molecule has 6 nitrogen and oxygen atoms in total. The molecular weight excluding hydrogens is 578 g/mol. The minimum Gasteiger partial charge on any atom is -0.457 e. The van der Waals surface area contributed by atoms with Crippen molar-refractivity contribution in [3.63, 3.8) is 0 Å². The van der Waals surface area contributed by atoms with Crippen LogP contribution in [-0.2, 0) is 5.41 Å². The number of hydrogen-bond donors (Lipinski definition) is 0. The van der Waals surface area contributed by atoms with E-state index >= 15 is 0 Å². The largest absolute Gasteiger partial charge is 0.457 e. The number of para-hydroxylation sites is 1. The minimum absolute atomic E-state index is 0.0225. The van der Waals surface area contributed by atoms with Crippen molar-refractivity contribution in [1.29, 1.82) is 0 Å². The molecule has 10 rings (SSSR count). The zero-order valence-corrected chi connectivity index (χ0v) is 27.4. The first-order chi connectivity index (χ1) is 22.9. The molecule has 3 aliphatic carbocycles. The molecule has 6 aromatic rings. The van der Waals surface area contributed by atoms with Crippen molar-refractivity contribution in [2.75, 3.05) is 16.5 Å². The molecule has 3 aromatic carbocycles. The lowest BCUT2D eigenvalue weighted by atomic mass is 9.67. The van der Waals surface area contributed by atoms with Gasteiger partial charge in [0.1, 0.15) is 17.3 Å². The highest BCUT2D eigenvalue weighted by Crippen LogP contribution is 2.49. The molecule has 0 radical (unpaired) electrons. The summed E-state index contributed by atoms with van der Waals surface area (Å²) in [4.78, 5) is 14.8. The van der Waals surface area contributed by atoms with Crippen LogP contribution in [0.5, 0.6) is 11.5 Å². The minimum atomic E-state index is 0.0225. The number of nitrogens with zero attached hydrogens (tertiary/aromatic N) is 5. The molecule has 0 saturated heterocycles. The standard InChI is InChI=1S/C41H41N5O/c1-41(2,3)29-19-21-42-39(23-29)46-35-11-5-4-10-33(35)34-18-17-32(25-38(34)46)47-31-9-6-8-30(24-31)44-26-45(40-36(44)12-7-20-43-40)37-22-27-13-15-28(37)16-14-27/h4-12,17-21,23-25,27-28,37H,13-16,22,26H2,1-3H3. The molecule has 47 heavy (non-hydrogen) atoms. The summed E-state index contributed by atoms with van der Waals surface area (Å²) in [6, 6.07) is 32.7. The van der Waals surface area contributed by atoms with Gasteiger partial charge in [0, 0.05) is 47.0 Å². The monoisotopic (exact) mass is 619 g/mol. The van der Waals surface area contributed by atoms with Gasteiger partial charge in [0.2, 0.25) is 0 Å². The first-order valence-corrected chi connectivity index (χ1v) is 17.2. The number of ether oxygens (including phenoxy) is 1. The number of rotatable bonds is 5. The van der Waals surface area contributed by atoms with Gasteiger partial charge in [-0.05, 0) is 96.7 Å². The third kappa shape index (κ3) is 4.84. The van der Waals surface area contributed by atoms with E-state index < -0.39 is 0 Å². The number of pyridine rings is 2. The van der Waals surface area contributed by atoms with E-state index in [1.807, 2.05) is 12.4 Å². The van der Waals surface area contributed by atoms with Crippen molar-refractivity contribution in [1.82, 2.24) is 14.5 Å². The fraction of sp³-hybridized carbons (Fsp3) is 0.317. The summed E-state index contributed by atoms with van der Waals surface area (Å²) in [5.74, 6) is 5.31. The highest BCUT2D eigenvalue weighted by Gasteiger charge is 2.42. The highest BCUT2D eigenvalue weighted by molar-refractivity contribution is 6.09. The first kappa shape index (κ1) is 28.4. The molecule has 236 valence electrons. The van der Waals surface area contributed by atoms with Gasteiger partial charge in [0.15, 0.2) is 5.82 Å². The lowest BCUT2D eigenvalue weighted by molar-refractivity contribution is 0.142. The van der Waals surface area contributed by atoms with E-state index in [1.54, 1.807) is 0 Å². The lowest BCUT2D eigenvalue weighted by Crippen LogP contribution is -2.48. The van der Waals surface area contributed by atoms with Crippen LogP contribution >= 0.6 is 0 Å². The van der Waals surface area contributed by atoms with E-state index in [-0.39, 0.29) is 5.41 Å². The molecule has 6 heteroatoms. The van der Waals surface area contributed by atoms with Gasteiger partial charge in [0.05, 0.1) is 23.4 Å². The summed E-state index contributed by atoms with van der Waals surface area (Å²) in [6.45, 7) is 7.56. The zero-order valence-electron chi connectivity index (χ0n) is 27.4. The van der Waals surface area contributed by atoms with Crippen molar-refractivity contribution in [2.45, 2.75) is 64.3 Å². The van der Waals surface area contributed by atoms with Crippen molar-refractivity contribution in [3.8, 4) is 17.3 Å². The van der Waals surface area contributed by atoms with Gasteiger partial charge >= 0.3 is 0 Å². The SMILES string of the molecule is CC(C)(C)c1ccnc(-n2c3ccccc3c3ccc(Oc4cccc(N5CN(C6CC7CCC6CC7)c6ncccc65)c4)cc32)c1. The van der Waals surface area contributed by atoms with E-state index in [4.69, 9.17) is 14.7 Å². The van der Waals surface area contributed by atoms with Gasteiger partial charge < -0.3 is 14.5 Å². The number of anilines is 3. The normalized spacial score (nSPS) is 20.7. The Morgan fingerprint density at radius 2 is 1.55 bits per heavy atom. The molecule has 3 saturated carbocycles. The van der Waals surface area contributed by atoms with Gasteiger partial charge in [-0.2, -0.15) is 0 Å². The smallest absolute Gasteiger partial charge is 0.154 e. The van der Waals surface area contributed by atoms with Crippen LogP contribution in [-0.4, -0.2) is 27.2 Å². The van der Waals surface area contributed by atoms with Gasteiger partial charge in [-0.1, -0.05) is 57.9 Å². The van der Waals surface area contributed by atoms with Crippen LogP contribution in [0.15, 0.2) is 103 Å². The van der Waals surface area contributed by atoms with Crippen molar-refractivity contribution in [3.05, 3.63) is 109 Å². The van der Waals surface area contributed by atoms with Gasteiger partial charge in [-0.15, -0.1) is 0 Å². The summed E-state index contributed by atoms with van der Waals surface area (Å²) < 4.78 is 8.90. The Hall–Kier alpha value is -4.84. The Labute approximate surface area is 276 Å². The van der Waals surface area contributed by atoms with Crippen LogP contribution in [0.3, 0.4) is 0 Å². The predicted octanol–water partition coefficient (Wildman–Crippen LogP) is 10.2. The molecule has 3 aromatic heterocycles. The Morgan fingerprint density at radius 3 is 2.38 bits per heavy atom. The zero-order chi connectivity index (χ0) is 31.7. The molecular formula is C41H41N5O. The maximum atomic E-state index is 6.63. The highest BCUT2D eigenvalue weighted by atomic mass is 16.5. The van der Waals surface area contributed by atoms with E-state index in [2.05, 4.69) is 126 Å². The van der Waals surface area contributed by atoms with Gasteiger partial charge in [-0.25, -0.2) is 9.97 Å². The Balaban J connectivity index is 1.06. The van der Waals surface area contributed by atoms with E-state index in [0.717, 1.165) is 58.4 Å². The predicted molar refractivity (Wildman–Crippen MR) is 191 cm³/mol. The summed E-state index contributed by atoms with van der Waals surface area (Å²) >= 11 is 0. The molecule has 4 aliphatic rings. The van der Waals surface area contributed by atoms with Crippen LogP contribution in [0, 0.1) is 11.8 Å². The van der Waals surface area contributed by atoms with E-state index in [0.29, 0.717) is 6.04 Å². The summed E-state index contributed by atoms with van der Waals surface area (Å²) in [6.07, 6.45) is 10.7. The Bertz CT molecular complexity index is 2120. The summed E-state index contributed by atoms with van der Waals surface area (Å²) in [5.41, 5.74) is 5.80. The Morgan fingerprint density at radius 1 is 0.723 bits per heavy atom. The number of aromatic nitrogens is 3. The first-order valence-electron chi connectivity index (χ1n) is 17.2. The molecule has 1 unspecified atom stereocenters. The number of fused-ring (bicyclic) bond motifs is 7. The molecule has 0 spiro atoms. The Kier molecular flexibility index (Phi) is 6.56. The molecule has 1 aliphatic heterocycles. The van der Waals surface area contributed by atoms with Gasteiger partial charge in [-0.3, -0.25) is 4.57 Å². The average molecular weight is 620 g/mol.